The molecule has 1 aromatic heterocycles. The normalized spacial score (nSPS) is 10.1. The fraction of sp³-hybridized carbons (Fsp3) is 0. The monoisotopic (exact) mass is 255 g/mol. The summed E-state index contributed by atoms with van der Waals surface area (Å²) in [4.78, 5) is 7.60. The van der Waals surface area contributed by atoms with Gasteiger partial charge < -0.3 is 10.5 Å². The molecule has 0 aliphatic carbocycles. The molecule has 82 valence electrons. The van der Waals surface area contributed by atoms with E-state index >= 15 is 0 Å². The quantitative estimate of drug-likeness (QED) is 0.838. The van der Waals surface area contributed by atoms with Gasteiger partial charge in [-0.05, 0) is 18.2 Å². The highest BCUT2D eigenvalue weighted by Crippen LogP contribution is 2.24. The van der Waals surface area contributed by atoms with Gasteiger partial charge >= 0.3 is 0 Å². The molecule has 2 aromatic rings. The number of halogens is 2. The van der Waals surface area contributed by atoms with Gasteiger partial charge in [0.1, 0.15) is 10.9 Å². The van der Waals surface area contributed by atoms with Gasteiger partial charge in [-0.1, -0.05) is 29.3 Å². The first kappa shape index (κ1) is 11.0. The van der Waals surface area contributed by atoms with Crippen molar-refractivity contribution in [1.29, 1.82) is 0 Å². The molecule has 0 amide bonds. The van der Waals surface area contributed by atoms with Crippen molar-refractivity contribution in [2.75, 3.05) is 5.73 Å². The van der Waals surface area contributed by atoms with Crippen molar-refractivity contribution < 1.29 is 4.74 Å². The maximum absolute atomic E-state index is 5.81. The minimum Gasteiger partial charge on any atom is -0.439 e. The van der Waals surface area contributed by atoms with Crippen molar-refractivity contribution >= 4 is 29.2 Å². The number of nitrogens with two attached hydrogens (primary N) is 1. The molecule has 1 aromatic carbocycles. The van der Waals surface area contributed by atoms with Crippen LogP contribution in [0.5, 0.6) is 11.6 Å². The van der Waals surface area contributed by atoms with Crippen LogP contribution in [0.1, 0.15) is 0 Å². The number of anilines is 1. The second kappa shape index (κ2) is 4.55. The highest BCUT2D eigenvalue weighted by atomic mass is 35.5. The second-order valence-corrected chi connectivity index (χ2v) is 3.77. The van der Waals surface area contributed by atoms with Crippen LogP contribution in [0, 0.1) is 0 Å². The van der Waals surface area contributed by atoms with Gasteiger partial charge in [0.25, 0.3) is 0 Å². The van der Waals surface area contributed by atoms with Crippen LogP contribution in [-0.4, -0.2) is 9.97 Å². The summed E-state index contributed by atoms with van der Waals surface area (Å²) in [5.74, 6) is 0.894. The summed E-state index contributed by atoms with van der Waals surface area (Å²) < 4.78 is 5.42. The first-order valence-corrected chi connectivity index (χ1v) is 5.12. The number of hydrogen-bond donors (Lipinski definition) is 1. The minimum absolute atomic E-state index is 0.0597. The predicted octanol–water partition coefficient (Wildman–Crippen LogP) is 3.16. The number of hydrogen-bond acceptors (Lipinski definition) is 4. The van der Waals surface area contributed by atoms with Crippen molar-refractivity contribution in [2.45, 2.75) is 0 Å². The van der Waals surface area contributed by atoms with E-state index in [2.05, 4.69) is 9.97 Å². The van der Waals surface area contributed by atoms with Crippen molar-refractivity contribution in [1.82, 2.24) is 9.97 Å². The number of aromatic nitrogens is 2. The van der Waals surface area contributed by atoms with Gasteiger partial charge in [-0.3, -0.25) is 0 Å². The Bertz CT molecular complexity index is 499. The first-order chi connectivity index (χ1) is 7.63. The maximum atomic E-state index is 5.81. The summed E-state index contributed by atoms with van der Waals surface area (Å²) in [6.45, 7) is 0. The largest absolute Gasteiger partial charge is 0.439 e. The fourth-order valence-electron chi connectivity index (χ4n) is 1.12. The highest BCUT2D eigenvalue weighted by Gasteiger charge is 2.03. The van der Waals surface area contributed by atoms with E-state index in [0.29, 0.717) is 10.8 Å². The van der Waals surface area contributed by atoms with E-state index in [1.807, 2.05) is 0 Å². The summed E-state index contributed by atoms with van der Waals surface area (Å²) in [5.41, 5.74) is 5.43. The van der Waals surface area contributed by atoms with Gasteiger partial charge in [-0.15, -0.1) is 0 Å². The lowest BCUT2D eigenvalue weighted by Gasteiger charge is -2.05. The number of ether oxygens (including phenoxy) is 1. The molecule has 0 radical (unpaired) electrons. The molecule has 0 saturated heterocycles. The summed E-state index contributed by atoms with van der Waals surface area (Å²) in [5, 5.41) is 0.801. The molecule has 0 fully saturated rings. The highest BCUT2D eigenvalue weighted by molar-refractivity contribution is 6.30. The Kier molecular flexibility index (Phi) is 3.12. The average Bonchev–Trinajstić information content (AvgIpc) is 2.15. The van der Waals surface area contributed by atoms with Gasteiger partial charge in [0.15, 0.2) is 0 Å². The Morgan fingerprint density at radius 1 is 1.12 bits per heavy atom. The van der Waals surface area contributed by atoms with E-state index in [4.69, 9.17) is 33.7 Å². The van der Waals surface area contributed by atoms with Crippen LogP contribution in [0.3, 0.4) is 0 Å². The molecular formula is C10H7Cl2N3O. The van der Waals surface area contributed by atoms with Crippen molar-refractivity contribution in [2.24, 2.45) is 0 Å². The molecule has 1 heterocycles. The topological polar surface area (TPSA) is 61.0 Å². The number of rotatable bonds is 2. The van der Waals surface area contributed by atoms with Gasteiger partial charge in [0.2, 0.25) is 11.8 Å². The smallest absolute Gasteiger partial charge is 0.225 e. The summed E-state index contributed by atoms with van der Waals surface area (Å²) >= 11 is 11.5. The molecule has 0 aliphatic heterocycles. The van der Waals surface area contributed by atoms with Gasteiger partial charge in [-0.2, -0.15) is 4.98 Å². The van der Waals surface area contributed by atoms with Crippen LogP contribution in [-0.2, 0) is 0 Å². The van der Waals surface area contributed by atoms with Crippen molar-refractivity contribution in [3.05, 3.63) is 40.5 Å². The molecule has 2 rings (SSSR count). The van der Waals surface area contributed by atoms with Crippen LogP contribution in [0.4, 0.5) is 5.95 Å². The fourth-order valence-corrected chi connectivity index (χ4v) is 1.48. The van der Waals surface area contributed by atoms with E-state index in [0.717, 1.165) is 0 Å². The zero-order valence-electron chi connectivity index (χ0n) is 8.02. The standard InChI is InChI=1S/C10H7Cl2N3O/c11-6-2-1-3-7(4-6)16-9-5-8(12)14-10(13)15-9/h1-5H,(H2,13,14,15). The van der Waals surface area contributed by atoms with E-state index in [1.165, 1.54) is 6.07 Å². The Morgan fingerprint density at radius 3 is 2.62 bits per heavy atom. The number of nitrogens with zero attached hydrogens (tertiary/aromatic N) is 2. The summed E-state index contributed by atoms with van der Waals surface area (Å²) in [6.07, 6.45) is 0. The van der Waals surface area contributed by atoms with Crippen LogP contribution < -0.4 is 10.5 Å². The zero-order chi connectivity index (χ0) is 11.5. The number of benzene rings is 1. The maximum Gasteiger partial charge on any atom is 0.225 e. The lowest BCUT2D eigenvalue weighted by Crippen LogP contribution is -1.97. The third-order valence-corrected chi connectivity index (χ3v) is 2.14. The Labute approximate surface area is 102 Å². The Hall–Kier alpha value is -1.52. The molecule has 0 atom stereocenters. The van der Waals surface area contributed by atoms with E-state index in [9.17, 15) is 0 Å². The molecular weight excluding hydrogens is 249 g/mol. The van der Waals surface area contributed by atoms with Gasteiger partial charge in [-0.25, -0.2) is 4.98 Å². The average molecular weight is 256 g/mol. The van der Waals surface area contributed by atoms with Crippen LogP contribution in [0.15, 0.2) is 30.3 Å². The Morgan fingerprint density at radius 2 is 1.94 bits per heavy atom. The van der Waals surface area contributed by atoms with Crippen molar-refractivity contribution in [3.63, 3.8) is 0 Å². The van der Waals surface area contributed by atoms with Crippen LogP contribution >= 0.6 is 23.2 Å². The molecule has 0 aliphatic rings. The Balaban J connectivity index is 2.27. The SMILES string of the molecule is Nc1nc(Cl)cc(Oc2cccc(Cl)c2)n1. The molecule has 0 spiro atoms. The number of nitrogen functional groups attached to an aromatic ring is 1. The molecule has 4 nitrogen and oxygen atoms in total. The predicted molar refractivity (Wildman–Crippen MR) is 63.0 cm³/mol. The lowest BCUT2D eigenvalue weighted by atomic mass is 10.3. The van der Waals surface area contributed by atoms with Gasteiger partial charge in [0, 0.05) is 11.1 Å². The summed E-state index contributed by atoms with van der Waals surface area (Å²) in [6, 6.07) is 8.39. The molecule has 0 bridgehead atoms. The van der Waals surface area contributed by atoms with E-state index in [-0.39, 0.29) is 17.0 Å². The molecule has 16 heavy (non-hydrogen) atoms. The van der Waals surface area contributed by atoms with Crippen LogP contribution in [0.25, 0.3) is 0 Å². The first-order valence-electron chi connectivity index (χ1n) is 4.37. The lowest BCUT2D eigenvalue weighted by molar-refractivity contribution is 0.462. The molecule has 0 saturated carbocycles. The van der Waals surface area contributed by atoms with Gasteiger partial charge in [0.05, 0.1) is 0 Å². The summed E-state index contributed by atoms with van der Waals surface area (Å²) in [7, 11) is 0. The third-order valence-electron chi connectivity index (χ3n) is 1.71. The third kappa shape index (κ3) is 2.74. The molecule has 0 unspecified atom stereocenters. The van der Waals surface area contributed by atoms with E-state index in [1.54, 1.807) is 24.3 Å². The molecule has 2 N–H and O–H groups in total. The van der Waals surface area contributed by atoms with Crippen LogP contribution in [0.2, 0.25) is 10.2 Å². The van der Waals surface area contributed by atoms with E-state index < -0.39 is 0 Å². The molecule has 6 heteroatoms. The minimum atomic E-state index is 0.0597. The van der Waals surface area contributed by atoms with Crippen molar-refractivity contribution in [3.8, 4) is 11.6 Å². The zero-order valence-corrected chi connectivity index (χ0v) is 9.53. The second-order valence-electron chi connectivity index (χ2n) is 2.95.